The second-order valence-electron chi connectivity index (χ2n) is 5.90. The number of rotatable bonds is 7. The lowest BCUT2D eigenvalue weighted by Crippen LogP contribution is -2.34. The fraction of sp³-hybridized carbons (Fsp3) is 0.529. The third-order valence-electron chi connectivity index (χ3n) is 3.93. The molecule has 1 atom stereocenters. The Bertz CT molecular complexity index is 726. The van der Waals surface area contributed by atoms with Crippen LogP contribution in [0, 0.1) is 0 Å². The van der Waals surface area contributed by atoms with Gasteiger partial charge in [-0.15, -0.1) is 0 Å². The molecule has 1 N–H and O–H groups in total. The number of fused-ring (bicyclic) bond motifs is 1. The van der Waals surface area contributed by atoms with Gasteiger partial charge in [0.25, 0.3) is 5.56 Å². The molecule has 0 amide bonds. The lowest BCUT2D eigenvalue weighted by molar-refractivity contribution is 0.373. The summed E-state index contributed by atoms with van der Waals surface area (Å²) < 4.78 is 1.76. The summed E-state index contributed by atoms with van der Waals surface area (Å²) in [6, 6.07) is 5.29. The molecule has 23 heavy (non-hydrogen) atoms. The van der Waals surface area contributed by atoms with Gasteiger partial charge in [0.2, 0.25) is 0 Å². The number of halogens is 1. The molecule has 6 heteroatoms. The molecule has 0 fully saturated rings. The average Bonchev–Trinajstić information content (AvgIpc) is 2.51. The number of hydrogen-bond acceptors (Lipinski definition) is 4. The van der Waals surface area contributed by atoms with Crippen LogP contribution < -0.4 is 10.9 Å². The van der Waals surface area contributed by atoms with Crippen LogP contribution >= 0.6 is 11.6 Å². The summed E-state index contributed by atoms with van der Waals surface area (Å²) >= 11 is 6.06. The second-order valence-corrected chi connectivity index (χ2v) is 6.34. The second kappa shape index (κ2) is 7.90. The molecule has 0 spiro atoms. The van der Waals surface area contributed by atoms with Gasteiger partial charge in [-0.1, -0.05) is 18.5 Å². The van der Waals surface area contributed by atoms with E-state index in [9.17, 15) is 4.79 Å². The van der Waals surface area contributed by atoms with Gasteiger partial charge >= 0.3 is 0 Å². The Morgan fingerprint density at radius 2 is 2.09 bits per heavy atom. The summed E-state index contributed by atoms with van der Waals surface area (Å²) in [5.41, 5.74) is 0.659. The summed E-state index contributed by atoms with van der Waals surface area (Å²) in [6.45, 7) is 6.46. The lowest BCUT2D eigenvalue weighted by atomic mass is 10.1. The zero-order chi connectivity index (χ0) is 17.0. The molecule has 0 aliphatic rings. The van der Waals surface area contributed by atoms with Gasteiger partial charge in [0.15, 0.2) is 0 Å². The Kier molecular flexibility index (Phi) is 6.16. The first-order valence-corrected chi connectivity index (χ1v) is 8.43. The molecule has 0 bridgehead atoms. The van der Waals surface area contributed by atoms with Crippen molar-refractivity contribution < 1.29 is 0 Å². The fourth-order valence-corrected chi connectivity index (χ4v) is 2.83. The zero-order valence-electron chi connectivity index (χ0n) is 14.3. The van der Waals surface area contributed by atoms with Crippen molar-refractivity contribution in [2.45, 2.75) is 32.9 Å². The van der Waals surface area contributed by atoms with Crippen molar-refractivity contribution in [2.24, 2.45) is 0 Å². The Morgan fingerprint density at radius 3 is 2.70 bits per heavy atom. The molecule has 1 heterocycles. The minimum absolute atomic E-state index is 0.00275. The van der Waals surface area contributed by atoms with Crippen LogP contribution in [0.25, 0.3) is 10.9 Å². The van der Waals surface area contributed by atoms with E-state index in [2.05, 4.69) is 17.1 Å². The molecule has 126 valence electrons. The minimum Gasteiger partial charge on any atom is -0.308 e. The summed E-state index contributed by atoms with van der Waals surface area (Å²) in [6.07, 6.45) is 0.867. The molecule has 2 rings (SSSR count). The van der Waals surface area contributed by atoms with Gasteiger partial charge in [0.1, 0.15) is 5.82 Å². The number of hydrogen-bond donors (Lipinski definition) is 1. The highest BCUT2D eigenvalue weighted by atomic mass is 35.5. The molecular formula is C17H25ClN4O. The molecule has 2 aromatic rings. The zero-order valence-corrected chi connectivity index (χ0v) is 15.0. The predicted molar refractivity (Wildman–Crippen MR) is 96.3 cm³/mol. The number of aromatic nitrogens is 2. The third kappa shape index (κ3) is 4.10. The standard InChI is InChI=1S/C17H25ClN4O/c1-5-14(19-9-10-21(3)4)16-20-15-11-12(18)7-8-13(15)17(23)22(16)6-2/h7-8,11,14,19H,5-6,9-10H2,1-4H3. The molecule has 0 saturated heterocycles. The van der Waals surface area contributed by atoms with Crippen molar-refractivity contribution in [3.63, 3.8) is 0 Å². The fourth-order valence-electron chi connectivity index (χ4n) is 2.66. The molecular weight excluding hydrogens is 312 g/mol. The largest absolute Gasteiger partial charge is 0.308 e. The van der Waals surface area contributed by atoms with Crippen LogP contribution in [0.3, 0.4) is 0 Å². The first kappa shape index (κ1) is 17.9. The van der Waals surface area contributed by atoms with Crippen molar-refractivity contribution >= 4 is 22.5 Å². The molecule has 5 nitrogen and oxygen atoms in total. The van der Waals surface area contributed by atoms with Crippen LogP contribution in [0.4, 0.5) is 0 Å². The molecule has 1 unspecified atom stereocenters. The summed E-state index contributed by atoms with van der Waals surface area (Å²) in [5.74, 6) is 0.786. The van der Waals surface area contributed by atoms with E-state index in [1.807, 2.05) is 21.0 Å². The van der Waals surface area contributed by atoms with E-state index < -0.39 is 0 Å². The van der Waals surface area contributed by atoms with E-state index in [0.717, 1.165) is 25.3 Å². The molecule has 0 aliphatic heterocycles. The number of likely N-dealkylation sites (N-methyl/N-ethyl adjacent to an activating group) is 1. The highest BCUT2D eigenvalue weighted by molar-refractivity contribution is 6.31. The summed E-state index contributed by atoms with van der Waals surface area (Å²) in [5, 5.41) is 4.71. The predicted octanol–water partition coefficient (Wildman–Crippen LogP) is 2.67. The van der Waals surface area contributed by atoms with E-state index >= 15 is 0 Å². The lowest BCUT2D eigenvalue weighted by Gasteiger charge is -2.22. The SMILES string of the molecule is CCC(NCCN(C)C)c1nc2cc(Cl)ccc2c(=O)n1CC. The number of nitrogens with one attached hydrogen (secondary N) is 1. The number of benzene rings is 1. The highest BCUT2D eigenvalue weighted by Gasteiger charge is 2.17. The molecule has 1 aromatic carbocycles. The van der Waals surface area contributed by atoms with E-state index in [1.54, 1.807) is 22.8 Å². The van der Waals surface area contributed by atoms with Crippen LogP contribution in [0.15, 0.2) is 23.0 Å². The quantitative estimate of drug-likeness (QED) is 0.844. The van der Waals surface area contributed by atoms with Crippen LogP contribution in [0.2, 0.25) is 5.02 Å². The van der Waals surface area contributed by atoms with Crippen LogP contribution in [0.1, 0.15) is 32.1 Å². The van der Waals surface area contributed by atoms with Gasteiger partial charge in [-0.2, -0.15) is 0 Å². The molecule has 0 radical (unpaired) electrons. The van der Waals surface area contributed by atoms with Crippen LogP contribution in [0.5, 0.6) is 0 Å². The highest BCUT2D eigenvalue weighted by Crippen LogP contribution is 2.19. The van der Waals surface area contributed by atoms with E-state index in [1.165, 1.54) is 0 Å². The van der Waals surface area contributed by atoms with Crippen molar-refractivity contribution in [3.8, 4) is 0 Å². The van der Waals surface area contributed by atoms with Gasteiger partial charge in [-0.3, -0.25) is 9.36 Å². The molecule has 0 saturated carbocycles. The van der Waals surface area contributed by atoms with E-state index in [-0.39, 0.29) is 11.6 Å². The van der Waals surface area contributed by atoms with Crippen molar-refractivity contribution in [1.29, 1.82) is 0 Å². The van der Waals surface area contributed by atoms with Crippen LogP contribution in [-0.4, -0.2) is 41.6 Å². The maximum Gasteiger partial charge on any atom is 0.261 e. The Balaban J connectivity index is 2.46. The normalized spacial score (nSPS) is 13.0. The Morgan fingerprint density at radius 1 is 1.35 bits per heavy atom. The van der Waals surface area contributed by atoms with Crippen molar-refractivity contribution in [3.05, 3.63) is 39.4 Å². The number of nitrogens with zero attached hydrogens (tertiary/aromatic N) is 3. The maximum absolute atomic E-state index is 12.7. The first-order chi connectivity index (χ1) is 11.0. The Hall–Kier alpha value is -1.43. The maximum atomic E-state index is 12.7. The average molecular weight is 337 g/mol. The third-order valence-corrected chi connectivity index (χ3v) is 4.17. The minimum atomic E-state index is -0.00275. The topological polar surface area (TPSA) is 50.2 Å². The smallest absolute Gasteiger partial charge is 0.261 e. The van der Waals surface area contributed by atoms with Gasteiger partial charge in [0, 0.05) is 24.7 Å². The molecule has 0 aliphatic carbocycles. The molecule has 1 aromatic heterocycles. The van der Waals surface area contributed by atoms with Gasteiger partial charge in [0.05, 0.1) is 16.9 Å². The van der Waals surface area contributed by atoms with Gasteiger partial charge in [-0.25, -0.2) is 4.98 Å². The first-order valence-electron chi connectivity index (χ1n) is 8.06. The van der Waals surface area contributed by atoms with Crippen molar-refractivity contribution in [2.75, 3.05) is 27.2 Å². The van der Waals surface area contributed by atoms with Gasteiger partial charge < -0.3 is 10.2 Å². The summed E-state index contributed by atoms with van der Waals surface area (Å²) in [7, 11) is 4.09. The van der Waals surface area contributed by atoms with Crippen molar-refractivity contribution in [1.82, 2.24) is 19.8 Å². The van der Waals surface area contributed by atoms with Crippen LogP contribution in [-0.2, 0) is 6.54 Å². The Labute approximate surface area is 142 Å². The van der Waals surface area contributed by atoms with E-state index in [0.29, 0.717) is 22.5 Å². The summed E-state index contributed by atoms with van der Waals surface area (Å²) in [4.78, 5) is 19.6. The van der Waals surface area contributed by atoms with Gasteiger partial charge in [-0.05, 0) is 45.6 Å². The van der Waals surface area contributed by atoms with E-state index in [4.69, 9.17) is 16.6 Å². The monoisotopic (exact) mass is 336 g/mol.